The largest absolute Gasteiger partial charge is 0.465 e. The number of rotatable bonds is 5. The molecule has 0 radical (unpaired) electrons. The van der Waals surface area contributed by atoms with Crippen molar-refractivity contribution in [1.29, 1.82) is 0 Å². The molecule has 0 amide bonds. The lowest BCUT2D eigenvalue weighted by atomic mass is 10.2. The van der Waals surface area contributed by atoms with Crippen LogP contribution in [0.5, 0.6) is 0 Å². The second-order valence-corrected chi connectivity index (χ2v) is 6.04. The average molecular weight is 300 g/mol. The van der Waals surface area contributed by atoms with E-state index in [4.69, 9.17) is 4.42 Å². The molecule has 0 aliphatic heterocycles. The van der Waals surface area contributed by atoms with Crippen LogP contribution in [0.4, 0.5) is 0 Å². The van der Waals surface area contributed by atoms with Crippen LogP contribution >= 0.6 is 0 Å². The van der Waals surface area contributed by atoms with Gasteiger partial charge >= 0.3 is 0 Å². The summed E-state index contributed by atoms with van der Waals surface area (Å²) in [6.45, 7) is 4.38. The highest BCUT2D eigenvalue weighted by Crippen LogP contribution is 2.27. The lowest BCUT2D eigenvalue weighted by Gasteiger charge is -2.12. The van der Waals surface area contributed by atoms with Gasteiger partial charge in [-0.05, 0) is 20.8 Å². The van der Waals surface area contributed by atoms with Gasteiger partial charge in [-0.3, -0.25) is 5.10 Å². The fourth-order valence-electron chi connectivity index (χ4n) is 2.02. The van der Waals surface area contributed by atoms with Gasteiger partial charge in [-0.15, -0.1) is 0 Å². The second kappa shape index (κ2) is 5.35. The van der Waals surface area contributed by atoms with E-state index >= 15 is 0 Å². The standard InChI is InChI=1S/C11H16N4O4S/c1-6(11-12-5-13-14-11)15-20(17,18)10-8(3)19-7(2)9(10)4-16/h5-6,15-16H,4H2,1-3H3,(H,12,13,14). The van der Waals surface area contributed by atoms with Gasteiger partial charge in [0.15, 0.2) is 0 Å². The van der Waals surface area contributed by atoms with E-state index in [1.54, 1.807) is 20.8 Å². The molecule has 8 nitrogen and oxygen atoms in total. The first-order valence-corrected chi connectivity index (χ1v) is 7.42. The Labute approximate surface area is 116 Å². The van der Waals surface area contributed by atoms with Gasteiger partial charge in [-0.1, -0.05) is 0 Å². The molecule has 0 aliphatic carbocycles. The number of hydrogen-bond donors (Lipinski definition) is 3. The summed E-state index contributed by atoms with van der Waals surface area (Å²) in [5.74, 6) is 1.03. The zero-order valence-corrected chi connectivity index (χ0v) is 12.2. The first kappa shape index (κ1) is 14.7. The summed E-state index contributed by atoms with van der Waals surface area (Å²) < 4.78 is 32.6. The number of nitrogens with one attached hydrogen (secondary N) is 2. The lowest BCUT2D eigenvalue weighted by molar-refractivity contribution is 0.276. The summed E-state index contributed by atoms with van der Waals surface area (Å²) >= 11 is 0. The Balaban J connectivity index is 2.36. The van der Waals surface area contributed by atoms with E-state index in [1.807, 2.05) is 0 Å². The SMILES string of the molecule is Cc1oc(C)c(S(=O)(=O)NC(C)c2ncn[nH]2)c1CO. The first-order chi connectivity index (χ1) is 9.36. The van der Waals surface area contributed by atoms with Gasteiger partial charge < -0.3 is 9.52 Å². The van der Waals surface area contributed by atoms with E-state index in [2.05, 4.69) is 19.9 Å². The number of aliphatic hydroxyl groups is 1. The molecule has 1 atom stereocenters. The van der Waals surface area contributed by atoms with E-state index < -0.39 is 22.7 Å². The van der Waals surface area contributed by atoms with E-state index in [0.29, 0.717) is 11.6 Å². The van der Waals surface area contributed by atoms with Crippen LogP contribution in [0.25, 0.3) is 0 Å². The smallest absolute Gasteiger partial charge is 0.245 e. The lowest BCUT2D eigenvalue weighted by Crippen LogP contribution is -2.28. The number of furan rings is 1. The number of nitrogens with zero attached hydrogens (tertiary/aromatic N) is 2. The average Bonchev–Trinajstić information content (AvgIpc) is 2.95. The van der Waals surface area contributed by atoms with Gasteiger partial charge in [0, 0.05) is 5.56 Å². The van der Waals surface area contributed by atoms with Crippen LogP contribution in [-0.4, -0.2) is 28.7 Å². The van der Waals surface area contributed by atoms with Gasteiger partial charge in [0.05, 0.1) is 12.6 Å². The molecule has 2 heterocycles. The van der Waals surface area contributed by atoms with Crippen molar-refractivity contribution in [1.82, 2.24) is 19.9 Å². The summed E-state index contributed by atoms with van der Waals surface area (Å²) in [6.07, 6.45) is 1.30. The fourth-order valence-corrected chi connectivity index (χ4v) is 3.66. The maximum Gasteiger partial charge on any atom is 0.245 e. The maximum absolute atomic E-state index is 12.4. The molecule has 3 N–H and O–H groups in total. The summed E-state index contributed by atoms with van der Waals surface area (Å²) in [5.41, 5.74) is 0.264. The molecule has 1 unspecified atom stereocenters. The maximum atomic E-state index is 12.4. The van der Waals surface area contributed by atoms with Gasteiger partial charge in [0.1, 0.15) is 28.6 Å². The number of aryl methyl sites for hydroxylation is 2. The molecule has 9 heteroatoms. The van der Waals surface area contributed by atoms with Crippen LogP contribution in [0.2, 0.25) is 0 Å². The van der Waals surface area contributed by atoms with Gasteiger partial charge in [-0.25, -0.2) is 18.1 Å². The third kappa shape index (κ3) is 2.60. The molecular formula is C11H16N4O4S. The van der Waals surface area contributed by atoms with E-state index in [9.17, 15) is 13.5 Å². The summed E-state index contributed by atoms with van der Waals surface area (Å²) in [5, 5.41) is 15.6. The number of sulfonamides is 1. The molecule has 0 saturated heterocycles. The Bertz CT molecular complexity index is 690. The van der Waals surface area contributed by atoms with E-state index in [1.165, 1.54) is 6.33 Å². The Hall–Kier alpha value is -1.71. The minimum atomic E-state index is -3.83. The number of aliphatic hydroxyl groups excluding tert-OH is 1. The van der Waals surface area contributed by atoms with Crippen molar-refractivity contribution in [2.45, 2.75) is 38.3 Å². The van der Waals surface area contributed by atoms with Crippen molar-refractivity contribution in [3.63, 3.8) is 0 Å². The highest BCUT2D eigenvalue weighted by molar-refractivity contribution is 7.89. The van der Waals surface area contributed by atoms with Crippen LogP contribution in [0.1, 0.15) is 35.9 Å². The Kier molecular flexibility index (Phi) is 3.93. The Morgan fingerprint density at radius 1 is 1.45 bits per heavy atom. The number of aromatic nitrogens is 3. The highest BCUT2D eigenvalue weighted by Gasteiger charge is 2.28. The van der Waals surface area contributed by atoms with Crippen LogP contribution in [0.3, 0.4) is 0 Å². The molecule has 0 bridgehead atoms. The zero-order valence-electron chi connectivity index (χ0n) is 11.3. The van der Waals surface area contributed by atoms with Crippen molar-refractivity contribution >= 4 is 10.0 Å². The summed E-state index contributed by atoms with van der Waals surface area (Å²) in [4.78, 5) is 3.87. The monoisotopic (exact) mass is 300 g/mol. The molecule has 2 aromatic heterocycles. The third-order valence-corrected chi connectivity index (χ3v) is 4.66. The highest BCUT2D eigenvalue weighted by atomic mass is 32.2. The molecule has 0 spiro atoms. The molecule has 0 saturated carbocycles. The number of H-pyrrole nitrogens is 1. The van der Waals surface area contributed by atoms with Crippen molar-refractivity contribution in [3.05, 3.63) is 29.2 Å². The Morgan fingerprint density at radius 2 is 2.15 bits per heavy atom. The van der Waals surface area contributed by atoms with E-state index in [0.717, 1.165) is 0 Å². The van der Waals surface area contributed by atoms with Crippen molar-refractivity contribution in [2.75, 3.05) is 0 Å². The molecule has 20 heavy (non-hydrogen) atoms. The van der Waals surface area contributed by atoms with Crippen LogP contribution in [0.15, 0.2) is 15.6 Å². The zero-order chi connectivity index (χ0) is 14.9. The number of hydrogen-bond acceptors (Lipinski definition) is 6. The normalized spacial score (nSPS) is 13.6. The van der Waals surface area contributed by atoms with Gasteiger partial charge in [-0.2, -0.15) is 5.10 Å². The summed E-state index contributed by atoms with van der Waals surface area (Å²) in [7, 11) is -3.83. The summed E-state index contributed by atoms with van der Waals surface area (Å²) in [6, 6.07) is -0.580. The van der Waals surface area contributed by atoms with Gasteiger partial charge in [0.2, 0.25) is 10.0 Å². The fraction of sp³-hybridized carbons (Fsp3) is 0.455. The predicted molar refractivity (Wildman–Crippen MR) is 69.2 cm³/mol. The van der Waals surface area contributed by atoms with Crippen LogP contribution in [-0.2, 0) is 16.6 Å². The number of aromatic amines is 1. The van der Waals surface area contributed by atoms with Crippen LogP contribution in [0, 0.1) is 13.8 Å². The van der Waals surface area contributed by atoms with E-state index in [-0.39, 0.29) is 16.2 Å². The van der Waals surface area contributed by atoms with Crippen molar-refractivity contribution in [3.8, 4) is 0 Å². The molecule has 2 rings (SSSR count). The first-order valence-electron chi connectivity index (χ1n) is 5.94. The molecule has 0 aromatic carbocycles. The molecule has 2 aromatic rings. The molecule has 0 aliphatic rings. The van der Waals surface area contributed by atoms with Gasteiger partial charge in [0.25, 0.3) is 0 Å². The minimum absolute atomic E-state index is 0.0242. The molecular weight excluding hydrogens is 284 g/mol. The minimum Gasteiger partial charge on any atom is -0.465 e. The van der Waals surface area contributed by atoms with Crippen molar-refractivity contribution < 1.29 is 17.9 Å². The third-order valence-electron chi connectivity index (χ3n) is 2.93. The predicted octanol–water partition coefficient (Wildman–Crippen LogP) is 0.546. The Morgan fingerprint density at radius 3 is 2.70 bits per heavy atom. The molecule has 110 valence electrons. The van der Waals surface area contributed by atoms with Crippen molar-refractivity contribution in [2.24, 2.45) is 0 Å². The van der Waals surface area contributed by atoms with Crippen LogP contribution < -0.4 is 4.72 Å². The molecule has 0 fully saturated rings. The second-order valence-electron chi connectivity index (χ2n) is 4.39. The quantitative estimate of drug-likeness (QED) is 0.741. The topological polar surface area (TPSA) is 121 Å².